The second-order valence-corrected chi connectivity index (χ2v) is 5.90. The van der Waals surface area contributed by atoms with E-state index in [2.05, 4.69) is 39.2 Å². The van der Waals surface area contributed by atoms with Crippen molar-refractivity contribution in [1.82, 2.24) is 5.32 Å². The Balaban J connectivity index is -0.000000426. The molecule has 1 fully saturated rings. The van der Waals surface area contributed by atoms with E-state index in [1.807, 2.05) is 20.6 Å². The van der Waals surface area contributed by atoms with Crippen LogP contribution >= 0.6 is 0 Å². The fraction of sp³-hybridized carbons (Fsp3) is 0.700. The Morgan fingerprint density at radius 1 is 1.09 bits per heavy atom. The number of carbonyl (C=O) groups excluding carboxylic acids is 2. The Labute approximate surface area is 144 Å². The van der Waals surface area contributed by atoms with E-state index >= 15 is 0 Å². The monoisotopic (exact) mass is 325 g/mol. The molecule has 0 spiro atoms. The first kappa shape index (κ1) is 26.5. The van der Waals surface area contributed by atoms with Gasteiger partial charge in [0.1, 0.15) is 6.79 Å². The maximum absolute atomic E-state index is 11.8. The van der Waals surface area contributed by atoms with E-state index < -0.39 is 0 Å². The Hall–Kier alpha value is -1.38. The topological polar surface area (TPSA) is 46.2 Å². The van der Waals surface area contributed by atoms with Crippen LogP contribution in [0.5, 0.6) is 0 Å². The van der Waals surface area contributed by atoms with Gasteiger partial charge in [-0.1, -0.05) is 59.9 Å². The number of hydrogen-bond acceptors (Lipinski definition) is 2. The van der Waals surface area contributed by atoms with E-state index in [9.17, 15) is 4.79 Å². The van der Waals surface area contributed by atoms with Gasteiger partial charge < -0.3 is 10.1 Å². The van der Waals surface area contributed by atoms with Gasteiger partial charge in [-0.05, 0) is 43.9 Å². The smallest absolute Gasteiger partial charge is 0.223 e. The van der Waals surface area contributed by atoms with Crippen LogP contribution in [-0.4, -0.2) is 19.2 Å². The number of hydrogen-bond donors (Lipinski definition) is 1. The van der Waals surface area contributed by atoms with Gasteiger partial charge in [-0.3, -0.25) is 4.79 Å². The minimum atomic E-state index is 0.294. The van der Waals surface area contributed by atoms with Gasteiger partial charge in [-0.15, -0.1) is 0 Å². The van der Waals surface area contributed by atoms with E-state index in [4.69, 9.17) is 4.79 Å². The number of allylic oxidation sites excluding steroid dienone is 2. The lowest BCUT2D eigenvalue weighted by Crippen LogP contribution is -2.33. The van der Waals surface area contributed by atoms with Gasteiger partial charge >= 0.3 is 0 Å². The fourth-order valence-electron chi connectivity index (χ4n) is 2.15. The quantitative estimate of drug-likeness (QED) is 0.708. The van der Waals surface area contributed by atoms with Gasteiger partial charge in [0.2, 0.25) is 5.91 Å². The Bertz CT molecular complexity index is 273. The molecule has 0 aromatic carbocycles. The van der Waals surface area contributed by atoms with Crippen molar-refractivity contribution >= 4 is 12.7 Å². The third-order valence-electron chi connectivity index (χ3n) is 3.57. The van der Waals surface area contributed by atoms with Gasteiger partial charge in [0.25, 0.3) is 0 Å². The van der Waals surface area contributed by atoms with Gasteiger partial charge in [0, 0.05) is 12.5 Å². The lowest BCUT2D eigenvalue weighted by Gasteiger charge is -2.25. The van der Waals surface area contributed by atoms with Crippen molar-refractivity contribution in [1.29, 1.82) is 0 Å². The second-order valence-electron chi connectivity index (χ2n) is 5.90. The van der Waals surface area contributed by atoms with E-state index in [-0.39, 0.29) is 0 Å². The van der Waals surface area contributed by atoms with E-state index in [1.165, 1.54) is 12.8 Å². The molecular formula is C20H39NO2. The van der Waals surface area contributed by atoms with Crippen molar-refractivity contribution in [3.8, 4) is 0 Å². The molecule has 0 aromatic rings. The molecule has 0 radical (unpaired) electrons. The molecule has 3 heteroatoms. The third-order valence-corrected chi connectivity index (χ3v) is 3.57. The molecule has 0 aromatic heterocycles. The molecule has 0 heterocycles. The molecule has 0 bridgehead atoms. The zero-order valence-corrected chi connectivity index (χ0v) is 16.1. The average molecular weight is 326 g/mol. The summed E-state index contributed by atoms with van der Waals surface area (Å²) in [6, 6.07) is 0. The maximum atomic E-state index is 11.8. The van der Waals surface area contributed by atoms with Crippen LogP contribution in [0.25, 0.3) is 0 Å². The Morgan fingerprint density at radius 2 is 1.52 bits per heavy atom. The molecule has 0 saturated heterocycles. The van der Waals surface area contributed by atoms with Crippen LogP contribution in [0, 0.1) is 17.8 Å². The summed E-state index contributed by atoms with van der Waals surface area (Å²) >= 11 is 0. The lowest BCUT2D eigenvalue weighted by molar-refractivity contribution is -0.126. The Morgan fingerprint density at radius 3 is 1.87 bits per heavy atom. The zero-order valence-electron chi connectivity index (χ0n) is 16.1. The summed E-state index contributed by atoms with van der Waals surface area (Å²) in [5, 5.41) is 3.06. The molecule has 136 valence electrons. The highest BCUT2D eigenvalue weighted by Crippen LogP contribution is 2.28. The van der Waals surface area contributed by atoms with E-state index in [0.717, 1.165) is 31.7 Å². The predicted octanol–water partition coefficient (Wildman–Crippen LogP) is 5.17. The second kappa shape index (κ2) is 20.6. The standard InChI is InChI=1S/C13H25NO.C4H6.C2H6.CH2O/c1-10(2)8-9-14-13(15)12-6-4-11(3)5-7-12;1-3-4-2;2*1-2/h10-12H,4-9H2,1-3H3,(H,14,15);3-4H,1-2H2;1-2H3;1H2. The summed E-state index contributed by atoms with van der Waals surface area (Å²) in [5.74, 6) is 2.09. The van der Waals surface area contributed by atoms with Crippen molar-refractivity contribution < 1.29 is 9.59 Å². The molecule has 1 aliphatic rings. The molecule has 0 unspecified atom stereocenters. The summed E-state index contributed by atoms with van der Waals surface area (Å²) < 4.78 is 0. The number of rotatable bonds is 5. The van der Waals surface area contributed by atoms with Gasteiger partial charge in [-0.25, -0.2) is 0 Å². The summed E-state index contributed by atoms with van der Waals surface area (Å²) in [6.07, 6.45) is 9.00. The molecule has 1 N–H and O–H groups in total. The lowest BCUT2D eigenvalue weighted by atomic mass is 9.82. The fourth-order valence-corrected chi connectivity index (χ4v) is 2.15. The van der Waals surface area contributed by atoms with Crippen LogP contribution in [0.1, 0.15) is 66.7 Å². The van der Waals surface area contributed by atoms with Crippen molar-refractivity contribution in [2.45, 2.75) is 66.7 Å². The van der Waals surface area contributed by atoms with E-state index in [1.54, 1.807) is 12.2 Å². The van der Waals surface area contributed by atoms with Gasteiger partial charge in [-0.2, -0.15) is 0 Å². The summed E-state index contributed by atoms with van der Waals surface area (Å²) in [7, 11) is 0. The first-order valence-corrected chi connectivity index (χ1v) is 8.81. The highest BCUT2D eigenvalue weighted by molar-refractivity contribution is 5.78. The molecule has 0 atom stereocenters. The normalized spacial score (nSPS) is 18.7. The SMILES string of the molecule is C=CC=C.C=O.CC.CC(C)CCNC(=O)C1CCC(C)CC1. The van der Waals surface area contributed by atoms with Crippen molar-refractivity contribution in [3.05, 3.63) is 25.3 Å². The summed E-state index contributed by atoms with van der Waals surface area (Å²) in [5.41, 5.74) is 0. The van der Waals surface area contributed by atoms with Crippen molar-refractivity contribution in [3.63, 3.8) is 0 Å². The molecule has 1 saturated carbocycles. The largest absolute Gasteiger partial charge is 0.356 e. The first-order chi connectivity index (χ1) is 11.0. The number of nitrogens with one attached hydrogen (secondary N) is 1. The molecule has 1 rings (SSSR count). The maximum Gasteiger partial charge on any atom is 0.223 e. The highest BCUT2D eigenvalue weighted by atomic mass is 16.1. The molecule has 0 aliphatic heterocycles. The molecule has 1 aliphatic carbocycles. The first-order valence-electron chi connectivity index (χ1n) is 8.81. The van der Waals surface area contributed by atoms with Crippen LogP contribution in [0.15, 0.2) is 25.3 Å². The van der Waals surface area contributed by atoms with Crippen LogP contribution in [0.2, 0.25) is 0 Å². The molecule has 1 amide bonds. The highest BCUT2D eigenvalue weighted by Gasteiger charge is 2.23. The van der Waals surface area contributed by atoms with Gasteiger partial charge in [0.15, 0.2) is 0 Å². The molecular weight excluding hydrogens is 286 g/mol. The van der Waals surface area contributed by atoms with Gasteiger partial charge in [0.05, 0.1) is 0 Å². The van der Waals surface area contributed by atoms with Crippen LogP contribution < -0.4 is 5.32 Å². The molecule has 3 nitrogen and oxygen atoms in total. The number of carbonyl (C=O) groups is 2. The summed E-state index contributed by atoms with van der Waals surface area (Å²) in [4.78, 5) is 19.8. The van der Waals surface area contributed by atoms with Crippen molar-refractivity contribution in [2.24, 2.45) is 17.8 Å². The van der Waals surface area contributed by atoms with Crippen LogP contribution in [0.3, 0.4) is 0 Å². The minimum absolute atomic E-state index is 0.294. The minimum Gasteiger partial charge on any atom is -0.356 e. The van der Waals surface area contributed by atoms with Crippen molar-refractivity contribution in [2.75, 3.05) is 6.54 Å². The molecule has 23 heavy (non-hydrogen) atoms. The van der Waals surface area contributed by atoms with Crippen LogP contribution in [-0.2, 0) is 9.59 Å². The summed E-state index contributed by atoms with van der Waals surface area (Å²) in [6.45, 7) is 20.2. The van der Waals surface area contributed by atoms with Crippen LogP contribution in [0.4, 0.5) is 0 Å². The average Bonchev–Trinajstić information content (AvgIpc) is 2.59. The Kier molecular flexibility index (Phi) is 23.8. The zero-order chi connectivity index (χ0) is 18.7. The third kappa shape index (κ3) is 18.6. The predicted molar refractivity (Wildman–Crippen MR) is 102 cm³/mol. The van der Waals surface area contributed by atoms with E-state index in [0.29, 0.717) is 17.7 Å². The number of amides is 1.